The first-order valence-corrected chi connectivity index (χ1v) is 11.9. The monoisotopic (exact) mass is 474 g/mol. The third-order valence-electron chi connectivity index (χ3n) is 6.99. The Balaban J connectivity index is 0.00000267. The molecule has 2 aromatic heterocycles. The molecule has 1 aliphatic heterocycles. The molecule has 1 amide bonds. The normalized spacial score (nSPS) is 16.0. The number of anilines is 1. The molecule has 9 heteroatoms. The molecule has 0 spiro atoms. The average molecular weight is 475 g/mol. The third kappa shape index (κ3) is 3.80. The van der Waals surface area contributed by atoms with Crippen LogP contribution in [0.4, 0.5) is 5.69 Å². The lowest BCUT2D eigenvalue weighted by Gasteiger charge is -2.22. The Kier molecular flexibility index (Phi) is 4.84. The molecule has 6 rings (SSSR count). The molecular weight excluding hydrogens is 444 g/mol. The minimum Gasteiger partial charge on any atom is -0.454 e. The summed E-state index contributed by atoms with van der Waals surface area (Å²) in [7, 11) is 0. The number of carbonyl (C=O) groups excluding carboxylic acids is 1. The number of aryl methyl sites for hydroxylation is 2. The maximum Gasteiger partial charge on any atom is 0.235 e. The number of amides is 1. The van der Waals surface area contributed by atoms with Gasteiger partial charge in [0.2, 0.25) is 12.7 Å². The molecule has 0 radical (unpaired) electrons. The van der Waals surface area contributed by atoms with Crippen LogP contribution in [0.1, 0.15) is 52.1 Å². The number of tetrazole rings is 1. The number of benzene rings is 2. The Morgan fingerprint density at radius 2 is 1.97 bits per heavy atom. The van der Waals surface area contributed by atoms with Crippen molar-refractivity contribution in [2.24, 2.45) is 0 Å². The van der Waals surface area contributed by atoms with Gasteiger partial charge in [-0.3, -0.25) is 4.79 Å². The smallest absolute Gasteiger partial charge is 0.235 e. The highest BCUT2D eigenvalue weighted by Gasteiger charge is 2.51. The van der Waals surface area contributed by atoms with Gasteiger partial charge >= 0.3 is 0 Å². The Morgan fingerprint density at radius 3 is 2.71 bits per heavy atom. The molecule has 1 saturated carbocycles. The van der Waals surface area contributed by atoms with Gasteiger partial charge < -0.3 is 19.4 Å². The van der Waals surface area contributed by atoms with Crippen molar-refractivity contribution >= 4 is 22.5 Å². The summed E-state index contributed by atoms with van der Waals surface area (Å²) in [5.74, 6) is 2.14. The van der Waals surface area contributed by atoms with Crippen LogP contribution in [0.2, 0.25) is 0 Å². The number of carbonyl (C=O) groups is 1. The molecule has 0 saturated heterocycles. The van der Waals surface area contributed by atoms with Gasteiger partial charge in [-0.15, -0.1) is 10.2 Å². The first-order chi connectivity index (χ1) is 16.8. The fourth-order valence-corrected chi connectivity index (χ4v) is 4.93. The van der Waals surface area contributed by atoms with E-state index in [-0.39, 0.29) is 19.5 Å². The molecule has 1 fully saturated rings. The predicted octanol–water partition coefficient (Wildman–Crippen LogP) is 4.34. The molecule has 9 nitrogen and oxygen atoms in total. The van der Waals surface area contributed by atoms with Crippen molar-refractivity contribution in [2.75, 3.05) is 12.1 Å². The summed E-state index contributed by atoms with van der Waals surface area (Å²) in [4.78, 5) is 13.4. The van der Waals surface area contributed by atoms with Gasteiger partial charge in [-0.25, -0.2) is 0 Å². The van der Waals surface area contributed by atoms with Crippen LogP contribution in [0.15, 0.2) is 42.5 Å². The van der Waals surface area contributed by atoms with Crippen molar-refractivity contribution in [2.45, 2.75) is 57.4 Å². The molecule has 182 valence electrons. The Hall–Kier alpha value is -3.88. The minimum absolute atomic E-state index is 0. The van der Waals surface area contributed by atoms with Crippen LogP contribution in [-0.4, -0.2) is 37.9 Å². The van der Waals surface area contributed by atoms with E-state index in [0.717, 1.165) is 47.3 Å². The van der Waals surface area contributed by atoms with Crippen molar-refractivity contribution in [3.63, 3.8) is 0 Å². The van der Waals surface area contributed by atoms with E-state index in [1.54, 1.807) is 0 Å². The second kappa shape index (κ2) is 7.83. The molecule has 0 atom stereocenters. The van der Waals surface area contributed by atoms with Crippen LogP contribution in [0.3, 0.4) is 0 Å². The van der Waals surface area contributed by atoms with Crippen molar-refractivity contribution in [3.8, 4) is 11.5 Å². The Bertz CT molecular complexity index is 1420. The number of aromatic nitrogens is 5. The maximum atomic E-state index is 13.4. The van der Waals surface area contributed by atoms with Crippen molar-refractivity contribution in [1.82, 2.24) is 25.2 Å². The SMILES string of the molecule is CC(C)(C)c1cc2cc(NC(=O)C3(c4ccc5c(c4)OCO5)CC3)ccc2n1CCc1nn[nH]n1.[HH]. The number of fused-ring (bicyclic) bond motifs is 2. The van der Waals surface area contributed by atoms with Gasteiger partial charge in [0.1, 0.15) is 0 Å². The van der Waals surface area contributed by atoms with Gasteiger partial charge in [-0.2, -0.15) is 5.21 Å². The van der Waals surface area contributed by atoms with Crippen LogP contribution in [0, 0.1) is 0 Å². The molecule has 2 aliphatic rings. The quantitative estimate of drug-likeness (QED) is 0.431. The zero-order chi connectivity index (χ0) is 24.2. The van der Waals surface area contributed by atoms with Crippen LogP contribution in [-0.2, 0) is 28.6 Å². The summed E-state index contributed by atoms with van der Waals surface area (Å²) in [5, 5.41) is 18.6. The number of hydrogen-bond donors (Lipinski definition) is 2. The lowest BCUT2D eigenvalue weighted by molar-refractivity contribution is -0.118. The number of rotatable bonds is 6. The Morgan fingerprint density at radius 1 is 1.14 bits per heavy atom. The second-order valence-electron chi connectivity index (χ2n) is 10.4. The van der Waals surface area contributed by atoms with Crippen molar-refractivity contribution in [3.05, 3.63) is 59.5 Å². The lowest BCUT2D eigenvalue weighted by Crippen LogP contribution is -2.27. The predicted molar refractivity (Wildman–Crippen MR) is 133 cm³/mol. The zero-order valence-electron chi connectivity index (χ0n) is 20.1. The summed E-state index contributed by atoms with van der Waals surface area (Å²) >= 11 is 0. The molecule has 2 N–H and O–H groups in total. The lowest BCUT2D eigenvalue weighted by atomic mass is 9.92. The first kappa shape index (κ1) is 21.6. The summed E-state index contributed by atoms with van der Waals surface area (Å²) in [6, 6.07) is 14.1. The molecule has 4 aromatic rings. The van der Waals surface area contributed by atoms with E-state index in [4.69, 9.17) is 9.47 Å². The molecule has 2 aromatic carbocycles. The number of ether oxygens (including phenoxy) is 2. The van der Waals surface area contributed by atoms with Gasteiger partial charge in [0.05, 0.1) is 5.41 Å². The second-order valence-corrected chi connectivity index (χ2v) is 10.4. The van der Waals surface area contributed by atoms with Crippen LogP contribution >= 0.6 is 0 Å². The summed E-state index contributed by atoms with van der Waals surface area (Å²) in [5.41, 5.74) is 3.56. The number of aromatic amines is 1. The van der Waals surface area contributed by atoms with Crippen molar-refractivity contribution < 1.29 is 15.7 Å². The zero-order valence-corrected chi connectivity index (χ0v) is 20.1. The molecule has 0 unspecified atom stereocenters. The van der Waals surface area contributed by atoms with Gasteiger partial charge in [-0.1, -0.05) is 32.1 Å². The fourth-order valence-electron chi connectivity index (χ4n) is 4.93. The van der Waals surface area contributed by atoms with Crippen molar-refractivity contribution in [1.29, 1.82) is 0 Å². The van der Waals surface area contributed by atoms with E-state index >= 15 is 0 Å². The highest BCUT2D eigenvalue weighted by atomic mass is 16.7. The third-order valence-corrected chi connectivity index (χ3v) is 6.99. The van der Waals surface area contributed by atoms with E-state index in [2.05, 4.69) is 69.5 Å². The number of nitrogens with zero attached hydrogens (tertiary/aromatic N) is 4. The van der Waals surface area contributed by atoms with Crippen LogP contribution in [0.5, 0.6) is 11.5 Å². The van der Waals surface area contributed by atoms with Crippen LogP contribution in [0.25, 0.3) is 10.9 Å². The standard InChI is InChI=1S/C26H28N6O3.H2/c1-25(2,3)22-13-16-12-18(5-6-19(16)32(22)11-8-23-28-30-31-29-23)27-24(33)26(9-10-26)17-4-7-20-21(14-17)35-15-34-20;/h4-7,12-14H,8-11,15H2,1-3H3,(H,27,33)(H,28,29,30,31);1H. The van der Waals surface area contributed by atoms with E-state index < -0.39 is 5.41 Å². The highest BCUT2D eigenvalue weighted by Crippen LogP contribution is 2.51. The Labute approximate surface area is 204 Å². The average Bonchev–Trinajstić information content (AvgIpc) is 3.17. The summed E-state index contributed by atoms with van der Waals surface area (Å²) in [6.07, 6.45) is 2.32. The number of H-pyrrole nitrogens is 1. The minimum atomic E-state index is -0.511. The first-order valence-electron chi connectivity index (χ1n) is 11.9. The van der Waals surface area contributed by atoms with E-state index in [0.29, 0.717) is 18.0 Å². The molecule has 35 heavy (non-hydrogen) atoms. The maximum absolute atomic E-state index is 13.4. The van der Waals surface area contributed by atoms with E-state index in [9.17, 15) is 4.79 Å². The van der Waals surface area contributed by atoms with E-state index in [1.807, 2.05) is 24.3 Å². The largest absolute Gasteiger partial charge is 0.454 e. The number of nitrogens with one attached hydrogen (secondary N) is 2. The van der Waals surface area contributed by atoms with Gasteiger partial charge in [-0.05, 0) is 54.8 Å². The summed E-state index contributed by atoms with van der Waals surface area (Å²) in [6.45, 7) is 7.59. The summed E-state index contributed by atoms with van der Waals surface area (Å²) < 4.78 is 13.3. The molecular formula is C26H30N6O3. The number of hydrogen-bond acceptors (Lipinski definition) is 6. The molecule has 3 heterocycles. The van der Waals surface area contributed by atoms with E-state index in [1.165, 1.54) is 5.69 Å². The molecule has 0 bridgehead atoms. The topological polar surface area (TPSA) is 107 Å². The highest BCUT2D eigenvalue weighted by molar-refractivity contribution is 6.02. The van der Waals surface area contributed by atoms with Gasteiger partial charge in [0.25, 0.3) is 0 Å². The van der Waals surface area contributed by atoms with Gasteiger partial charge in [0.15, 0.2) is 17.3 Å². The molecule has 1 aliphatic carbocycles. The van der Waals surface area contributed by atoms with Gasteiger partial charge in [0, 0.05) is 42.1 Å². The fraction of sp³-hybridized carbons (Fsp3) is 0.385. The van der Waals surface area contributed by atoms with Crippen LogP contribution < -0.4 is 14.8 Å².